The van der Waals surface area contributed by atoms with Crippen LogP contribution in [-0.4, -0.2) is 38.3 Å². The molecule has 0 atom stereocenters. The average Bonchev–Trinajstić information content (AvgIpc) is 2.64. The molecule has 0 aliphatic carbocycles. The number of benzene rings is 2. The Morgan fingerprint density at radius 2 is 1.70 bits per heavy atom. The van der Waals surface area contributed by atoms with Crippen molar-refractivity contribution < 1.29 is 17.9 Å². The third kappa shape index (κ3) is 5.09. The third-order valence-electron chi connectivity index (χ3n) is 3.94. The molecule has 1 amide bonds. The van der Waals surface area contributed by atoms with Gasteiger partial charge in [0.2, 0.25) is 10.0 Å². The van der Waals surface area contributed by atoms with Crippen LogP contribution in [0, 0.1) is 0 Å². The maximum atomic E-state index is 12.6. The summed E-state index contributed by atoms with van der Waals surface area (Å²) in [5.41, 5.74) is 0.895. The van der Waals surface area contributed by atoms with Crippen LogP contribution in [0.15, 0.2) is 51.8 Å². The molecule has 0 heterocycles. The van der Waals surface area contributed by atoms with Gasteiger partial charge in [-0.15, -0.1) is 0 Å². The maximum absolute atomic E-state index is 12.6. The van der Waals surface area contributed by atoms with Crippen LogP contribution < -0.4 is 10.1 Å². The predicted octanol–water partition coefficient (Wildman–Crippen LogP) is 4.13. The number of rotatable bonds is 8. The van der Waals surface area contributed by atoms with E-state index in [9.17, 15) is 13.2 Å². The monoisotopic (exact) mass is 454 g/mol. The minimum Gasteiger partial charge on any atom is -0.493 e. The zero-order chi connectivity index (χ0) is 20.0. The molecule has 0 saturated heterocycles. The number of carbonyl (C=O) groups excluding carboxylic acids is 1. The van der Waals surface area contributed by atoms with Crippen molar-refractivity contribution in [2.75, 3.05) is 25.0 Å². The number of halogens is 1. The van der Waals surface area contributed by atoms with Crippen molar-refractivity contribution in [3.63, 3.8) is 0 Å². The smallest absolute Gasteiger partial charge is 0.259 e. The van der Waals surface area contributed by atoms with E-state index in [1.165, 1.54) is 16.4 Å². The zero-order valence-electron chi connectivity index (χ0n) is 15.5. The lowest BCUT2D eigenvalue weighted by atomic mass is 10.2. The first-order valence-electron chi connectivity index (χ1n) is 8.67. The van der Waals surface area contributed by atoms with E-state index in [-0.39, 0.29) is 10.8 Å². The van der Waals surface area contributed by atoms with Crippen LogP contribution >= 0.6 is 15.9 Å². The fourth-order valence-electron chi connectivity index (χ4n) is 2.58. The van der Waals surface area contributed by atoms with E-state index >= 15 is 0 Å². The van der Waals surface area contributed by atoms with Crippen molar-refractivity contribution in [1.29, 1.82) is 0 Å². The molecule has 27 heavy (non-hydrogen) atoms. The van der Waals surface area contributed by atoms with Crippen molar-refractivity contribution in [3.05, 3.63) is 52.5 Å². The third-order valence-corrected chi connectivity index (χ3v) is 6.50. The van der Waals surface area contributed by atoms with Crippen LogP contribution in [-0.2, 0) is 10.0 Å². The lowest BCUT2D eigenvalue weighted by molar-refractivity contribution is 0.102. The second kappa shape index (κ2) is 9.34. The molecule has 0 aromatic heterocycles. The molecule has 2 aromatic rings. The molecule has 1 N–H and O–H groups in total. The number of nitrogens with zero attached hydrogens (tertiary/aromatic N) is 1. The number of carbonyl (C=O) groups is 1. The number of ether oxygens (including phenoxy) is 1. The Morgan fingerprint density at radius 1 is 1.07 bits per heavy atom. The highest BCUT2D eigenvalue weighted by molar-refractivity contribution is 9.10. The summed E-state index contributed by atoms with van der Waals surface area (Å²) in [6.07, 6.45) is 0. The highest BCUT2D eigenvalue weighted by Gasteiger charge is 2.21. The fourth-order valence-corrected chi connectivity index (χ4v) is 4.40. The predicted molar refractivity (Wildman–Crippen MR) is 110 cm³/mol. The maximum Gasteiger partial charge on any atom is 0.259 e. The van der Waals surface area contributed by atoms with E-state index in [0.717, 1.165) is 4.47 Å². The fraction of sp³-hybridized carbons (Fsp3) is 0.316. The summed E-state index contributed by atoms with van der Waals surface area (Å²) in [6, 6.07) is 11.3. The zero-order valence-corrected chi connectivity index (χ0v) is 17.9. The van der Waals surface area contributed by atoms with E-state index < -0.39 is 10.0 Å². The molecule has 146 valence electrons. The minimum absolute atomic E-state index is 0.196. The molecule has 0 fully saturated rings. The minimum atomic E-state index is -3.52. The number of hydrogen-bond donors (Lipinski definition) is 1. The van der Waals surface area contributed by atoms with E-state index in [2.05, 4.69) is 21.2 Å². The van der Waals surface area contributed by atoms with Gasteiger partial charge in [-0.25, -0.2) is 8.42 Å². The van der Waals surface area contributed by atoms with Crippen molar-refractivity contribution in [3.8, 4) is 5.75 Å². The Morgan fingerprint density at radius 3 is 2.26 bits per heavy atom. The molecule has 8 heteroatoms. The van der Waals surface area contributed by atoms with E-state index in [4.69, 9.17) is 4.74 Å². The summed E-state index contributed by atoms with van der Waals surface area (Å²) in [6.45, 7) is 6.69. The first-order valence-corrected chi connectivity index (χ1v) is 10.9. The summed E-state index contributed by atoms with van der Waals surface area (Å²) >= 11 is 3.35. The number of sulfonamides is 1. The van der Waals surface area contributed by atoms with Crippen molar-refractivity contribution >= 4 is 37.5 Å². The van der Waals surface area contributed by atoms with Crippen LogP contribution in [0.2, 0.25) is 0 Å². The van der Waals surface area contributed by atoms with Gasteiger partial charge in [-0.3, -0.25) is 4.79 Å². The van der Waals surface area contributed by atoms with Crippen LogP contribution in [0.25, 0.3) is 0 Å². The molecular formula is C19H23BrN2O4S. The van der Waals surface area contributed by atoms with Gasteiger partial charge in [-0.1, -0.05) is 29.8 Å². The van der Waals surface area contributed by atoms with Gasteiger partial charge in [0, 0.05) is 23.2 Å². The SMILES string of the molecule is CCOc1ccc(Br)cc1C(=O)Nc1ccc(S(=O)(=O)N(CC)CC)cc1. The Bertz CT molecular complexity index is 894. The molecule has 0 unspecified atom stereocenters. The molecule has 2 rings (SSSR count). The first kappa shape index (κ1) is 21.4. The average molecular weight is 455 g/mol. The van der Waals surface area contributed by atoms with Crippen LogP contribution in [0.5, 0.6) is 5.75 Å². The molecule has 0 aliphatic heterocycles. The first-order chi connectivity index (χ1) is 12.8. The Balaban J connectivity index is 2.22. The standard InChI is InChI=1S/C19H23BrN2O4S/c1-4-22(5-2)27(24,25)16-10-8-15(9-11-16)21-19(23)17-13-14(20)7-12-18(17)26-6-3/h7-13H,4-6H2,1-3H3,(H,21,23). The van der Waals surface area contributed by atoms with Crippen LogP contribution in [0.1, 0.15) is 31.1 Å². The summed E-state index contributed by atoms with van der Waals surface area (Å²) in [5.74, 6) is 0.151. The molecule has 2 aromatic carbocycles. The van der Waals surface area contributed by atoms with Gasteiger partial charge in [0.15, 0.2) is 0 Å². The molecule has 0 spiro atoms. The van der Waals surface area contributed by atoms with Gasteiger partial charge < -0.3 is 10.1 Å². The number of nitrogens with one attached hydrogen (secondary N) is 1. The molecule has 0 bridgehead atoms. The topological polar surface area (TPSA) is 75.7 Å². The summed E-state index contributed by atoms with van der Waals surface area (Å²) in [5, 5.41) is 2.77. The highest BCUT2D eigenvalue weighted by Crippen LogP contribution is 2.25. The van der Waals surface area contributed by atoms with Crippen LogP contribution in [0.3, 0.4) is 0 Å². The molecule has 0 radical (unpaired) electrons. The van der Waals surface area contributed by atoms with E-state index in [0.29, 0.717) is 36.7 Å². The van der Waals surface area contributed by atoms with Gasteiger partial charge in [-0.05, 0) is 49.4 Å². The normalized spacial score (nSPS) is 11.4. The lowest BCUT2D eigenvalue weighted by Gasteiger charge is -2.18. The Labute approximate surface area is 168 Å². The second-order valence-electron chi connectivity index (χ2n) is 5.64. The van der Waals surface area contributed by atoms with Crippen LogP contribution in [0.4, 0.5) is 5.69 Å². The van der Waals surface area contributed by atoms with Gasteiger partial charge in [0.25, 0.3) is 5.91 Å². The quantitative estimate of drug-likeness (QED) is 0.650. The van der Waals surface area contributed by atoms with Crippen molar-refractivity contribution in [2.45, 2.75) is 25.7 Å². The number of amides is 1. The van der Waals surface area contributed by atoms with Crippen molar-refractivity contribution in [2.24, 2.45) is 0 Å². The summed E-state index contributed by atoms with van der Waals surface area (Å²) in [4.78, 5) is 12.8. The lowest BCUT2D eigenvalue weighted by Crippen LogP contribution is -2.30. The van der Waals surface area contributed by atoms with Gasteiger partial charge in [0.1, 0.15) is 5.75 Å². The van der Waals surface area contributed by atoms with E-state index in [1.807, 2.05) is 6.92 Å². The Hall–Kier alpha value is -1.90. The molecule has 6 nitrogen and oxygen atoms in total. The number of hydrogen-bond acceptors (Lipinski definition) is 4. The largest absolute Gasteiger partial charge is 0.493 e. The van der Waals surface area contributed by atoms with Crippen molar-refractivity contribution in [1.82, 2.24) is 4.31 Å². The van der Waals surface area contributed by atoms with Gasteiger partial charge >= 0.3 is 0 Å². The summed E-state index contributed by atoms with van der Waals surface area (Å²) < 4.78 is 32.7. The number of anilines is 1. The van der Waals surface area contributed by atoms with Gasteiger partial charge in [-0.2, -0.15) is 4.31 Å². The van der Waals surface area contributed by atoms with Gasteiger partial charge in [0.05, 0.1) is 17.1 Å². The summed E-state index contributed by atoms with van der Waals surface area (Å²) in [7, 11) is -3.52. The Kier molecular flexibility index (Phi) is 7.41. The second-order valence-corrected chi connectivity index (χ2v) is 8.49. The van der Waals surface area contributed by atoms with E-state index in [1.54, 1.807) is 44.2 Å². The highest BCUT2D eigenvalue weighted by atomic mass is 79.9. The molecular weight excluding hydrogens is 432 g/mol. The molecule has 0 aliphatic rings. The molecule has 0 saturated carbocycles.